The number of alkyl halides is 3. The molecule has 0 N–H and O–H groups in total. The van der Waals surface area contributed by atoms with E-state index in [0.717, 1.165) is 24.6 Å². The summed E-state index contributed by atoms with van der Waals surface area (Å²) in [5.41, 5.74) is 1.12. The Hall–Kier alpha value is -2.12. The molecular weight excluding hydrogens is 309 g/mol. The summed E-state index contributed by atoms with van der Waals surface area (Å²) in [5.74, 6) is -0.121. The fourth-order valence-electron chi connectivity index (χ4n) is 2.65. The van der Waals surface area contributed by atoms with Crippen LogP contribution in [0.2, 0.25) is 0 Å². The highest BCUT2D eigenvalue weighted by molar-refractivity contribution is 5.78. The van der Waals surface area contributed by atoms with Gasteiger partial charge in [0.05, 0.1) is 12.2 Å². The van der Waals surface area contributed by atoms with Gasteiger partial charge in [-0.3, -0.25) is 9.48 Å². The van der Waals surface area contributed by atoms with Gasteiger partial charge in [0.2, 0.25) is 5.91 Å². The van der Waals surface area contributed by atoms with Gasteiger partial charge >= 0.3 is 6.18 Å². The number of aryl methyl sites for hydroxylation is 3. The van der Waals surface area contributed by atoms with E-state index in [1.165, 1.54) is 9.36 Å². The lowest BCUT2D eigenvalue weighted by atomic mass is 10.2. The minimum absolute atomic E-state index is 0.0562. The van der Waals surface area contributed by atoms with E-state index in [1.807, 2.05) is 0 Å². The Morgan fingerprint density at radius 2 is 1.96 bits per heavy atom. The van der Waals surface area contributed by atoms with Crippen molar-refractivity contribution in [3.8, 4) is 0 Å². The number of halogens is 3. The molecule has 1 fully saturated rings. The maximum atomic E-state index is 12.8. The predicted molar refractivity (Wildman–Crippen MR) is 76.1 cm³/mol. The zero-order chi connectivity index (χ0) is 16.8. The van der Waals surface area contributed by atoms with Crippen molar-refractivity contribution in [1.82, 2.24) is 19.6 Å². The molecule has 0 atom stereocenters. The molecule has 23 heavy (non-hydrogen) atoms. The molecule has 0 aliphatic heterocycles. The third-order valence-corrected chi connectivity index (χ3v) is 3.88. The van der Waals surface area contributed by atoms with Crippen molar-refractivity contribution in [2.45, 2.75) is 51.7 Å². The lowest BCUT2D eigenvalue weighted by Crippen LogP contribution is -2.18. The third kappa shape index (κ3) is 3.30. The number of rotatable bonds is 4. The molecule has 0 unspecified atom stereocenters. The van der Waals surface area contributed by atoms with E-state index in [-0.39, 0.29) is 24.8 Å². The molecule has 124 valence electrons. The first-order valence-electron chi connectivity index (χ1n) is 7.47. The van der Waals surface area contributed by atoms with Crippen LogP contribution in [0, 0.1) is 13.8 Å². The van der Waals surface area contributed by atoms with Gasteiger partial charge in [-0.2, -0.15) is 23.4 Å². The molecule has 1 aliphatic rings. The second-order valence-electron chi connectivity index (χ2n) is 5.93. The zero-order valence-electron chi connectivity index (χ0n) is 12.9. The Balaban J connectivity index is 1.76. The van der Waals surface area contributed by atoms with Crippen molar-refractivity contribution in [2.24, 2.45) is 0 Å². The number of carbonyl (C=O) groups excluding carboxylic acids is 1. The standard InChI is InChI=1S/C15H17F3N4O/c1-9-7-10(2)22(19-9)14(23)5-6-21-12(11-3-4-11)8-13(20-21)15(16,17)18/h7-8,11H,3-6H2,1-2H3. The molecule has 0 saturated heterocycles. The predicted octanol–water partition coefficient (Wildman–Crippen LogP) is 3.32. The number of aromatic nitrogens is 4. The molecule has 0 aromatic carbocycles. The molecule has 1 aliphatic carbocycles. The number of nitrogens with zero attached hydrogens (tertiary/aromatic N) is 4. The van der Waals surface area contributed by atoms with E-state index < -0.39 is 11.9 Å². The van der Waals surface area contributed by atoms with Crippen LogP contribution in [0.3, 0.4) is 0 Å². The summed E-state index contributed by atoms with van der Waals surface area (Å²) in [7, 11) is 0. The molecule has 0 bridgehead atoms. The summed E-state index contributed by atoms with van der Waals surface area (Å²) in [6.07, 6.45) is -2.67. The maximum Gasteiger partial charge on any atom is 0.435 e. The highest BCUT2D eigenvalue weighted by Gasteiger charge is 2.37. The molecule has 0 spiro atoms. The quantitative estimate of drug-likeness (QED) is 0.866. The summed E-state index contributed by atoms with van der Waals surface area (Å²) in [4.78, 5) is 12.2. The fourth-order valence-corrected chi connectivity index (χ4v) is 2.65. The second-order valence-corrected chi connectivity index (χ2v) is 5.93. The van der Waals surface area contributed by atoms with Crippen molar-refractivity contribution in [2.75, 3.05) is 0 Å². The summed E-state index contributed by atoms with van der Waals surface area (Å²) >= 11 is 0. The number of hydrogen-bond donors (Lipinski definition) is 0. The second kappa shape index (κ2) is 5.50. The molecule has 2 aromatic heterocycles. The molecule has 8 heteroatoms. The van der Waals surface area contributed by atoms with Crippen molar-refractivity contribution < 1.29 is 18.0 Å². The van der Waals surface area contributed by atoms with Gasteiger partial charge < -0.3 is 0 Å². The largest absolute Gasteiger partial charge is 0.435 e. The van der Waals surface area contributed by atoms with Crippen LogP contribution in [0.1, 0.15) is 52.8 Å². The monoisotopic (exact) mass is 326 g/mol. The summed E-state index contributed by atoms with van der Waals surface area (Å²) < 4.78 is 41.1. The highest BCUT2D eigenvalue weighted by Crippen LogP contribution is 2.42. The zero-order valence-corrected chi connectivity index (χ0v) is 12.9. The van der Waals surface area contributed by atoms with Gasteiger partial charge in [0.15, 0.2) is 5.69 Å². The first-order valence-corrected chi connectivity index (χ1v) is 7.47. The van der Waals surface area contributed by atoms with Crippen LogP contribution < -0.4 is 0 Å². The first kappa shape index (κ1) is 15.8. The van der Waals surface area contributed by atoms with Gasteiger partial charge in [0.1, 0.15) is 0 Å². The van der Waals surface area contributed by atoms with Crippen LogP contribution in [-0.2, 0) is 12.7 Å². The molecule has 2 aromatic rings. The Kier molecular flexibility index (Phi) is 3.77. The molecule has 1 saturated carbocycles. The normalized spacial score (nSPS) is 15.2. The Bertz CT molecular complexity index is 740. The average Bonchev–Trinajstić information content (AvgIpc) is 3.10. The van der Waals surface area contributed by atoms with Gasteiger partial charge in [0.25, 0.3) is 0 Å². The van der Waals surface area contributed by atoms with Crippen LogP contribution >= 0.6 is 0 Å². The smallest absolute Gasteiger partial charge is 0.272 e. The minimum atomic E-state index is -4.46. The van der Waals surface area contributed by atoms with Crippen LogP contribution in [0.15, 0.2) is 12.1 Å². The maximum absolute atomic E-state index is 12.8. The van der Waals surface area contributed by atoms with E-state index in [2.05, 4.69) is 10.2 Å². The third-order valence-electron chi connectivity index (χ3n) is 3.88. The fraction of sp³-hybridized carbons (Fsp3) is 0.533. The first-order chi connectivity index (χ1) is 10.8. The van der Waals surface area contributed by atoms with Crippen LogP contribution in [0.25, 0.3) is 0 Å². The van der Waals surface area contributed by atoms with E-state index in [4.69, 9.17) is 0 Å². The van der Waals surface area contributed by atoms with Crippen LogP contribution in [0.4, 0.5) is 13.2 Å². The van der Waals surface area contributed by atoms with Crippen molar-refractivity contribution >= 4 is 5.91 Å². The Labute approximate surface area is 131 Å². The topological polar surface area (TPSA) is 52.7 Å². The van der Waals surface area contributed by atoms with Crippen molar-refractivity contribution in [1.29, 1.82) is 0 Å². The van der Waals surface area contributed by atoms with E-state index >= 15 is 0 Å². The highest BCUT2D eigenvalue weighted by atomic mass is 19.4. The SMILES string of the molecule is Cc1cc(C)n(C(=O)CCn2nc(C(F)(F)F)cc2C2CC2)n1. The van der Waals surface area contributed by atoms with Gasteiger partial charge in [-0.05, 0) is 38.8 Å². The molecule has 2 heterocycles. The van der Waals surface area contributed by atoms with E-state index in [9.17, 15) is 18.0 Å². The lowest BCUT2D eigenvalue weighted by molar-refractivity contribution is -0.141. The van der Waals surface area contributed by atoms with Crippen molar-refractivity contribution in [3.63, 3.8) is 0 Å². The number of hydrogen-bond acceptors (Lipinski definition) is 3. The molecule has 3 rings (SSSR count). The van der Waals surface area contributed by atoms with E-state index in [0.29, 0.717) is 11.4 Å². The molecule has 0 amide bonds. The molecule has 0 radical (unpaired) electrons. The summed E-state index contributed by atoms with van der Waals surface area (Å²) in [6, 6.07) is 2.88. The Morgan fingerprint density at radius 3 is 2.48 bits per heavy atom. The minimum Gasteiger partial charge on any atom is -0.272 e. The van der Waals surface area contributed by atoms with Gasteiger partial charge in [0, 0.05) is 23.7 Å². The van der Waals surface area contributed by atoms with E-state index in [1.54, 1.807) is 19.9 Å². The molecule has 5 nitrogen and oxygen atoms in total. The average molecular weight is 326 g/mol. The van der Waals surface area contributed by atoms with Crippen LogP contribution in [0.5, 0.6) is 0 Å². The Morgan fingerprint density at radius 1 is 1.26 bits per heavy atom. The van der Waals surface area contributed by atoms with Gasteiger partial charge in [-0.15, -0.1) is 0 Å². The number of carbonyl (C=O) groups is 1. The van der Waals surface area contributed by atoms with Gasteiger partial charge in [-0.25, -0.2) is 4.68 Å². The van der Waals surface area contributed by atoms with Gasteiger partial charge in [-0.1, -0.05) is 0 Å². The van der Waals surface area contributed by atoms with Crippen LogP contribution in [-0.4, -0.2) is 25.5 Å². The summed E-state index contributed by atoms with van der Waals surface area (Å²) in [6.45, 7) is 3.67. The summed E-state index contributed by atoms with van der Waals surface area (Å²) in [5, 5.41) is 7.74. The lowest BCUT2D eigenvalue weighted by Gasteiger charge is -2.07. The van der Waals surface area contributed by atoms with Crippen molar-refractivity contribution in [3.05, 3.63) is 34.9 Å². The molecular formula is C15H17F3N4O.